The van der Waals surface area contributed by atoms with Crippen LogP contribution in [-0.4, -0.2) is 140 Å². The van der Waals surface area contributed by atoms with Gasteiger partial charge in [0.15, 0.2) is 12.6 Å². The molecular weight excluding hydrogens is 434 g/mol. The molecule has 3 aliphatic rings. The first-order valence-corrected chi connectivity index (χ1v) is 10.7. The fraction of sp³-hybridized carbons (Fsp3) is 1.00. The van der Waals surface area contributed by atoms with Crippen molar-refractivity contribution in [3.05, 3.63) is 0 Å². The molecule has 0 bridgehead atoms. The first kappa shape index (κ1) is 26.1. The third-order valence-corrected chi connectivity index (χ3v) is 6.63. The average molecular weight is 469 g/mol. The Balaban J connectivity index is 1.82. The Hall–Kier alpha value is -0.520. The number of rotatable bonds is 7. The van der Waals surface area contributed by atoms with Crippen molar-refractivity contribution in [1.82, 2.24) is 5.32 Å². The van der Waals surface area contributed by atoms with Gasteiger partial charge in [-0.05, 0) is 14.0 Å². The fourth-order valence-electron chi connectivity index (χ4n) is 4.49. The number of hydrogen-bond donors (Lipinski definition) is 9. The molecule has 0 aromatic carbocycles. The molecule has 3 fully saturated rings. The molecule has 0 aromatic heterocycles. The van der Waals surface area contributed by atoms with Gasteiger partial charge in [-0.3, -0.25) is 0 Å². The van der Waals surface area contributed by atoms with E-state index in [0.717, 1.165) is 0 Å². The highest BCUT2D eigenvalue weighted by Crippen LogP contribution is 2.38. The van der Waals surface area contributed by atoms with Crippen LogP contribution >= 0.6 is 0 Å². The van der Waals surface area contributed by atoms with Gasteiger partial charge >= 0.3 is 0 Å². The molecule has 0 aromatic rings. The summed E-state index contributed by atoms with van der Waals surface area (Å²) in [6.45, 7) is 0.0758. The van der Waals surface area contributed by atoms with Crippen LogP contribution in [0.25, 0.3) is 0 Å². The molecule has 3 rings (SSSR count). The van der Waals surface area contributed by atoms with Crippen LogP contribution in [0, 0.1) is 0 Å². The van der Waals surface area contributed by atoms with Gasteiger partial charge in [-0.1, -0.05) is 0 Å². The number of likely N-dealkylation sites (N-methyl/N-ethyl adjacent to an activating group) is 1. The molecule has 2 heterocycles. The molecule has 0 unspecified atom stereocenters. The van der Waals surface area contributed by atoms with Crippen LogP contribution in [0.3, 0.4) is 0 Å². The maximum absolute atomic E-state index is 11.1. The van der Waals surface area contributed by atoms with Gasteiger partial charge < -0.3 is 65.1 Å². The van der Waals surface area contributed by atoms with Gasteiger partial charge in [0.05, 0.1) is 43.7 Å². The topological polar surface area (TPSA) is 211 Å². The van der Waals surface area contributed by atoms with Crippen molar-refractivity contribution in [2.75, 3.05) is 20.3 Å². The van der Waals surface area contributed by atoms with Crippen LogP contribution in [-0.2, 0) is 18.9 Å². The Labute approximate surface area is 185 Å². The lowest BCUT2D eigenvalue weighted by Crippen LogP contribution is -2.65. The summed E-state index contributed by atoms with van der Waals surface area (Å²) >= 11 is 0. The van der Waals surface area contributed by atoms with E-state index < -0.39 is 92.4 Å². The van der Waals surface area contributed by atoms with Crippen LogP contribution in [0.5, 0.6) is 0 Å². The molecule has 2 saturated heterocycles. The van der Waals surface area contributed by atoms with E-state index >= 15 is 0 Å². The van der Waals surface area contributed by atoms with Gasteiger partial charge in [-0.2, -0.15) is 0 Å². The summed E-state index contributed by atoms with van der Waals surface area (Å²) in [6, 6.07) is -0.976. The zero-order valence-electron chi connectivity index (χ0n) is 18.0. The average Bonchev–Trinajstić information content (AvgIpc) is 2.98. The van der Waals surface area contributed by atoms with Gasteiger partial charge in [0.1, 0.15) is 36.1 Å². The molecule has 188 valence electrons. The Kier molecular flexibility index (Phi) is 8.48. The SMILES string of the molecule is CN[C@@H]1[C@H](O[C@H]2[C@H](O[C@@H]3C[C@H](O)C[C@H](O)[C@H]3O)O[C@@H](C)[C@]2(O)CO)O[C@@H](CO)[C@H](O)[C@H]1O. The molecule has 0 amide bonds. The number of ether oxygens (including phenoxy) is 4. The summed E-state index contributed by atoms with van der Waals surface area (Å²) in [7, 11) is 1.49. The van der Waals surface area contributed by atoms with Crippen LogP contribution in [0.15, 0.2) is 0 Å². The van der Waals surface area contributed by atoms with Gasteiger partial charge in [0.25, 0.3) is 0 Å². The highest BCUT2D eigenvalue weighted by atomic mass is 16.8. The van der Waals surface area contributed by atoms with Gasteiger partial charge in [0.2, 0.25) is 0 Å². The molecule has 9 N–H and O–H groups in total. The minimum atomic E-state index is -1.97. The number of aliphatic hydroxyl groups is 8. The third kappa shape index (κ3) is 4.81. The van der Waals surface area contributed by atoms with Crippen molar-refractivity contribution in [2.24, 2.45) is 0 Å². The number of hydrogen-bond acceptors (Lipinski definition) is 13. The minimum absolute atomic E-state index is 0.00664. The van der Waals surface area contributed by atoms with E-state index in [1.165, 1.54) is 14.0 Å². The van der Waals surface area contributed by atoms with E-state index in [1.807, 2.05) is 0 Å². The second kappa shape index (κ2) is 10.4. The molecule has 2 aliphatic heterocycles. The van der Waals surface area contributed by atoms with Crippen molar-refractivity contribution < 1.29 is 59.8 Å². The van der Waals surface area contributed by atoms with Crippen LogP contribution < -0.4 is 5.32 Å². The second-order valence-electron chi connectivity index (χ2n) is 8.73. The minimum Gasteiger partial charge on any atom is -0.394 e. The Bertz CT molecular complexity index is 615. The van der Waals surface area contributed by atoms with Crippen molar-refractivity contribution in [3.63, 3.8) is 0 Å². The lowest BCUT2D eigenvalue weighted by Gasteiger charge is -2.44. The first-order valence-electron chi connectivity index (χ1n) is 10.7. The summed E-state index contributed by atoms with van der Waals surface area (Å²) in [5.41, 5.74) is -1.97. The Morgan fingerprint density at radius 3 is 2.22 bits per heavy atom. The molecular formula is C19H35NO12. The summed E-state index contributed by atoms with van der Waals surface area (Å²) in [6.07, 6.45) is -13.6. The standard InChI is InChI=1S/C19H35NO12/c1-7-19(28,6-22)16(18(29-7)30-10-4-8(23)3-9(24)13(10)25)32-17-12(20-2)15(27)14(26)11(5-21)31-17/h7-18,20-28H,3-6H2,1-2H3/t7-,8+,9-,10+,11-,12-,13+,14-,15-,16-,17-,18-,19+/m0/s1. The number of aliphatic hydroxyl groups excluding tert-OH is 7. The van der Waals surface area contributed by atoms with Gasteiger partial charge in [-0.25, -0.2) is 0 Å². The van der Waals surface area contributed by atoms with E-state index in [2.05, 4.69) is 5.32 Å². The predicted molar refractivity (Wildman–Crippen MR) is 104 cm³/mol. The zero-order valence-corrected chi connectivity index (χ0v) is 18.0. The summed E-state index contributed by atoms with van der Waals surface area (Å²) in [5.74, 6) is 0. The van der Waals surface area contributed by atoms with E-state index in [0.29, 0.717) is 0 Å². The highest BCUT2D eigenvalue weighted by Gasteiger charge is 2.58. The van der Waals surface area contributed by atoms with Crippen LogP contribution in [0.4, 0.5) is 0 Å². The van der Waals surface area contributed by atoms with Crippen molar-refractivity contribution >= 4 is 0 Å². The summed E-state index contributed by atoms with van der Waals surface area (Å²) in [5, 5.41) is 83.8. The highest BCUT2D eigenvalue weighted by molar-refractivity contribution is 5.03. The smallest absolute Gasteiger partial charge is 0.187 e. The van der Waals surface area contributed by atoms with Crippen molar-refractivity contribution in [2.45, 2.75) is 98.9 Å². The molecule has 13 nitrogen and oxygen atoms in total. The van der Waals surface area contributed by atoms with Crippen molar-refractivity contribution in [3.8, 4) is 0 Å². The number of nitrogens with one attached hydrogen (secondary N) is 1. The molecule has 0 spiro atoms. The normalized spacial score (nSPS) is 52.3. The zero-order chi connectivity index (χ0) is 23.8. The lowest BCUT2D eigenvalue weighted by atomic mass is 9.89. The van der Waals surface area contributed by atoms with Crippen LogP contribution in [0.1, 0.15) is 19.8 Å². The van der Waals surface area contributed by atoms with Gasteiger partial charge in [-0.15, -0.1) is 0 Å². The molecule has 0 radical (unpaired) electrons. The Morgan fingerprint density at radius 1 is 0.938 bits per heavy atom. The van der Waals surface area contributed by atoms with E-state index in [9.17, 15) is 40.9 Å². The molecule has 13 heteroatoms. The quantitative estimate of drug-likeness (QED) is 0.171. The maximum atomic E-state index is 11.1. The van der Waals surface area contributed by atoms with E-state index in [-0.39, 0.29) is 12.8 Å². The molecule has 1 aliphatic carbocycles. The van der Waals surface area contributed by atoms with E-state index in [4.69, 9.17) is 18.9 Å². The van der Waals surface area contributed by atoms with E-state index in [1.54, 1.807) is 0 Å². The first-order chi connectivity index (χ1) is 15.1. The summed E-state index contributed by atoms with van der Waals surface area (Å²) in [4.78, 5) is 0. The van der Waals surface area contributed by atoms with Gasteiger partial charge in [0, 0.05) is 12.8 Å². The Morgan fingerprint density at radius 2 is 1.62 bits per heavy atom. The largest absolute Gasteiger partial charge is 0.394 e. The summed E-state index contributed by atoms with van der Waals surface area (Å²) < 4.78 is 22.9. The predicted octanol–water partition coefficient (Wildman–Crippen LogP) is -4.87. The fourth-order valence-corrected chi connectivity index (χ4v) is 4.49. The third-order valence-electron chi connectivity index (χ3n) is 6.63. The maximum Gasteiger partial charge on any atom is 0.187 e. The lowest BCUT2D eigenvalue weighted by molar-refractivity contribution is -0.316. The molecule has 13 atom stereocenters. The monoisotopic (exact) mass is 469 g/mol. The van der Waals surface area contributed by atoms with Crippen molar-refractivity contribution in [1.29, 1.82) is 0 Å². The second-order valence-corrected chi connectivity index (χ2v) is 8.73. The molecule has 1 saturated carbocycles. The van der Waals surface area contributed by atoms with Crippen LogP contribution in [0.2, 0.25) is 0 Å². The molecule has 32 heavy (non-hydrogen) atoms.